The summed E-state index contributed by atoms with van der Waals surface area (Å²) in [7, 11) is -2.61. The molecule has 0 atom stereocenters. The summed E-state index contributed by atoms with van der Waals surface area (Å²) in [5.74, 6) is 0. The van der Waals surface area contributed by atoms with Gasteiger partial charge in [0.15, 0.2) is 8.07 Å². The van der Waals surface area contributed by atoms with Crippen LogP contribution in [0.4, 0.5) is 17.1 Å². The molecule has 4 heteroatoms. The highest BCUT2D eigenvalue weighted by Gasteiger charge is 2.52. The zero-order chi connectivity index (χ0) is 30.2. The number of rotatable bonds is 3. The summed E-state index contributed by atoms with van der Waals surface area (Å²) in [5, 5.41) is 8.61. The van der Waals surface area contributed by atoms with Crippen LogP contribution in [-0.4, -0.2) is 8.07 Å². The fourth-order valence-electron chi connectivity index (χ4n) is 7.90. The summed E-state index contributed by atoms with van der Waals surface area (Å²) in [6.07, 6.45) is 0. The maximum absolute atomic E-state index is 2.61. The molecule has 2 aliphatic rings. The molecule has 216 valence electrons. The van der Waals surface area contributed by atoms with Crippen LogP contribution < -0.4 is 25.6 Å². The topological polar surface area (TPSA) is 3.24 Å². The van der Waals surface area contributed by atoms with Gasteiger partial charge in [0, 0.05) is 36.6 Å². The number of para-hydroxylation sites is 1. The average molecular weight is 638 g/mol. The van der Waals surface area contributed by atoms with Crippen molar-refractivity contribution in [1.82, 2.24) is 0 Å². The smallest absolute Gasteiger partial charge is 0.183 e. The molecule has 10 rings (SSSR count). The van der Waals surface area contributed by atoms with E-state index in [0.29, 0.717) is 0 Å². The quantitative estimate of drug-likeness (QED) is 0.178. The normalized spacial score (nSPS) is 13.7. The van der Waals surface area contributed by atoms with Crippen LogP contribution in [0.2, 0.25) is 0 Å². The van der Waals surface area contributed by atoms with Crippen LogP contribution in [0.3, 0.4) is 0 Å². The van der Waals surface area contributed by atoms with E-state index in [2.05, 4.69) is 169 Å². The third-order valence-corrected chi connectivity index (χ3v) is 17.4. The molecular weight excluding hydrogens is 611 g/mol. The molecule has 0 saturated heterocycles. The Kier molecular flexibility index (Phi) is 5.77. The molecule has 8 aromatic rings. The van der Waals surface area contributed by atoms with Crippen LogP contribution in [0.1, 0.15) is 0 Å². The van der Waals surface area contributed by atoms with Crippen molar-refractivity contribution in [3.05, 3.63) is 164 Å². The molecule has 2 aliphatic heterocycles. The van der Waals surface area contributed by atoms with Gasteiger partial charge in [0.05, 0.1) is 10.4 Å². The predicted molar refractivity (Wildman–Crippen MR) is 201 cm³/mol. The van der Waals surface area contributed by atoms with Crippen molar-refractivity contribution in [1.29, 1.82) is 0 Å². The van der Waals surface area contributed by atoms with Gasteiger partial charge in [-0.1, -0.05) is 127 Å². The van der Waals surface area contributed by atoms with Gasteiger partial charge in [-0.3, -0.25) is 0 Å². The summed E-state index contributed by atoms with van der Waals surface area (Å²) < 4.78 is 2.63. The number of thiophene rings is 1. The van der Waals surface area contributed by atoms with Crippen molar-refractivity contribution < 1.29 is 0 Å². The van der Waals surface area contributed by atoms with Crippen molar-refractivity contribution in [2.45, 2.75) is 9.79 Å². The molecule has 0 N–H and O–H groups in total. The van der Waals surface area contributed by atoms with Gasteiger partial charge in [0.2, 0.25) is 0 Å². The molecule has 1 aromatic heterocycles. The molecule has 0 unspecified atom stereocenters. The predicted octanol–water partition coefficient (Wildman–Crippen LogP) is 9.35. The van der Waals surface area contributed by atoms with E-state index in [1.54, 1.807) is 0 Å². The van der Waals surface area contributed by atoms with Crippen molar-refractivity contribution in [3.8, 4) is 11.1 Å². The maximum Gasteiger partial charge on any atom is 0.183 e. The SMILES string of the molecule is c1ccc(N(c2ccc3c(c2)[Si]2(c4ccccc4S3)c3ccccc3-c3ccccc32)c2cccc3c2sc2ccccc23)cc1. The summed E-state index contributed by atoms with van der Waals surface area (Å²) >= 11 is 3.82. The fourth-order valence-corrected chi connectivity index (χ4v) is 16.5. The third-order valence-electron chi connectivity index (χ3n) is 9.73. The average Bonchev–Trinajstić information content (AvgIpc) is 3.64. The van der Waals surface area contributed by atoms with E-state index in [1.807, 2.05) is 23.1 Å². The van der Waals surface area contributed by atoms with E-state index in [1.165, 1.54) is 78.9 Å². The first-order chi connectivity index (χ1) is 22.8. The van der Waals surface area contributed by atoms with Crippen molar-refractivity contribution in [3.63, 3.8) is 0 Å². The molecule has 0 radical (unpaired) electrons. The standard InChI is InChI=1S/C42H27NS2Si/c1-2-13-28(14-3-1)43(34-19-12-18-33-30-15-4-7-20-35(30)45-42(33)34)29-25-26-37-41(27-29)46(40-24-11-8-21-36(40)44-37)38-22-9-5-16-31(38)32-17-6-10-23-39(32)46/h1-27H. The summed E-state index contributed by atoms with van der Waals surface area (Å²) in [5.41, 5.74) is 6.36. The van der Waals surface area contributed by atoms with Crippen LogP contribution in [0, 0.1) is 0 Å². The molecule has 1 nitrogen and oxygen atoms in total. The highest BCUT2D eigenvalue weighted by atomic mass is 32.2. The molecule has 3 heterocycles. The van der Waals surface area contributed by atoms with E-state index in [-0.39, 0.29) is 0 Å². The first-order valence-corrected chi connectivity index (χ1v) is 19.3. The van der Waals surface area contributed by atoms with E-state index >= 15 is 0 Å². The molecule has 0 bridgehead atoms. The first kappa shape index (κ1) is 26.4. The second-order valence-corrected chi connectivity index (χ2v) is 17.8. The Hall–Kier alpha value is -4.87. The number of anilines is 3. The zero-order valence-corrected chi connectivity index (χ0v) is 27.5. The number of hydrogen-bond donors (Lipinski definition) is 0. The molecule has 46 heavy (non-hydrogen) atoms. The van der Waals surface area contributed by atoms with E-state index < -0.39 is 8.07 Å². The molecule has 1 spiro atoms. The van der Waals surface area contributed by atoms with E-state index in [4.69, 9.17) is 0 Å². The maximum atomic E-state index is 2.54. The largest absolute Gasteiger partial charge is 0.309 e. The molecule has 0 saturated carbocycles. The lowest BCUT2D eigenvalue weighted by Crippen LogP contribution is -2.74. The van der Waals surface area contributed by atoms with Crippen molar-refractivity contribution in [2.75, 3.05) is 4.90 Å². The van der Waals surface area contributed by atoms with Gasteiger partial charge in [0.25, 0.3) is 0 Å². The molecule has 0 aliphatic carbocycles. The summed E-state index contributed by atoms with van der Waals surface area (Å²) in [6, 6.07) is 61.3. The minimum atomic E-state index is -2.61. The second-order valence-electron chi connectivity index (χ2n) is 12.0. The van der Waals surface area contributed by atoms with Crippen LogP contribution in [-0.2, 0) is 0 Å². The van der Waals surface area contributed by atoms with E-state index in [9.17, 15) is 0 Å². The lowest BCUT2D eigenvalue weighted by atomic mass is 10.1. The Morgan fingerprint density at radius 2 is 1.07 bits per heavy atom. The molecule has 7 aromatic carbocycles. The van der Waals surface area contributed by atoms with Gasteiger partial charge < -0.3 is 4.90 Å². The fraction of sp³-hybridized carbons (Fsp3) is 0. The molecule has 0 amide bonds. The minimum Gasteiger partial charge on any atom is -0.309 e. The Balaban J connectivity index is 1.29. The minimum absolute atomic E-state index is 1.17. The lowest BCUT2D eigenvalue weighted by Gasteiger charge is -2.38. The number of fused-ring (bicyclic) bond motifs is 12. The van der Waals surface area contributed by atoms with E-state index in [0.717, 1.165) is 0 Å². The first-order valence-electron chi connectivity index (χ1n) is 15.7. The highest BCUT2D eigenvalue weighted by molar-refractivity contribution is 8.00. The number of nitrogens with zero attached hydrogens (tertiary/aromatic N) is 1. The van der Waals surface area contributed by atoms with Crippen molar-refractivity contribution >= 4 is 89.2 Å². The Bertz CT molecular complexity index is 2440. The monoisotopic (exact) mass is 637 g/mol. The van der Waals surface area contributed by atoms with Gasteiger partial charge in [0.1, 0.15) is 0 Å². The van der Waals surface area contributed by atoms with Gasteiger partial charge in [-0.15, -0.1) is 11.3 Å². The summed E-state index contributed by atoms with van der Waals surface area (Å²) in [6.45, 7) is 0. The van der Waals surface area contributed by atoms with Crippen LogP contribution in [0.5, 0.6) is 0 Å². The zero-order valence-electron chi connectivity index (χ0n) is 24.9. The molecular formula is C42H27NS2Si. The number of benzene rings is 7. The molecule has 0 fully saturated rings. The Morgan fingerprint density at radius 1 is 0.435 bits per heavy atom. The van der Waals surface area contributed by atoms with Crippen LogP contribution in [0.25, 0.3) is 31.3 Å². The van der Waals surface area contributed by atoms with Gasteiger partial charge >= 0.3 is 0 Å². The summed E-state index contributed by atoms with van der Waals surface area (Å²) in [4.78, 5) is 5.24. The Labute approximate surface area is 277 Å². The van der Waals surface area contributed by atoms with Crippen molar-refractivity contribution in [2.24, 2.45) is 0 Å². The van der Waals surface area contributed by atoms with Gasteiger partial charge in [-0.05, 0) is 80.4 Å². The third kappa shape index (κ3) is 3.58. The van der Waals surface area contributed by atoms with Crippen LogP contribution in [0.15, 0.2) is 174 Å². The lowest BCUT2D eigenvalue weighted by molar-refractivity contribution is 1.29. The van der Waals surface area contributed by atoms with Gasteiger partial charge in [-0.25, -0.2) is 0 Å². The number of hydrogen-bond acceptors (Lipinski definition) is 3. The van der Waals surface area contributed by atoms with Crippen LogP contribution >= 0.6 is 23.1 Å². The highest BCUT2D eigenvalue weighted by Crippen LogP contribution is 2.46. The van der Waals surface area contributed by atoms with Gasteiger partial charge in [-0.2, -0.15) is 0 Å². The second kappa shape index (κ2) is 10.1. The Morgan fingerprint density at radius 3 is 1.87 bits per heavy atom.